The van der Waals surface area contributed by atoms with Gasteiger partial charge in [-0.1, -0.05) is 64.5 Å². The van der Waals surface area contributed by atoms with E-state index < -0.39 is 0 Å². The molecule has 1 aromatic heterocycles. The molecule has 176 valence electrons. The third-order valence-electron chi connectivity index (χ3n) is 6.29. The molecule has 0 aliphatic carbocycles. The molecule has 2 heterocycles. The summed E-state index contributed by atoms with van der Waals surface area (Å²) in [6, 6.07) is 33.5. The summed E-state index contributed by atoms with van der Waals surface area (Å²) in [6.07, 6.45) is 2.10. The van der Waals surface area contributed by atoms with Crippen molar-refractivity contribution in [2.24, 2.45) is 0 Å². The summed E-state index contributed by atoms with van der Waals surface area (Å²) in [7, 11) is 0. The number of hydrogen-bond acceptors (Lipinski definition) is 4. The van der Waals surface area contributed by atoms with Crippen molar-refractivity contribution in [1.29, 1.82) is 0 Å². The number of rotatable bonds is 5. The Morgan fingerprint density at radius 2 is 1.64 bits per heavy atom. The Labute approximate surface area is 217 Å². The minimum absolute atomic E-state index is 0.0725. The van der Waals surface area contributed by atoms with Crippen LogP contribution in [0.2, 0.25) is 0 Å². The van der Waals surface area contributed by atoms with Gasteiger partial charge >= 0.3 is 0 Å². The summed E-state index contributed by atoms with van der Waals surface area (Å²) in [6.45, 7) is 1.02. The zero-order valence-corrected chi connectivity index (χ0v) is 20.9. The van der Waals surface area contributed by atoms with E-state index in [0.29, 0.717) is 35.6 Å². The number of halogens is 1. The van der Waals surface area contributed by atoms with Gasteiger partial charge in [0.25, 0.3) is 0 Å². The predicted molar refractivity (Wildman–Crippen MR) is 149 cm³/mol. The Balaban J connectivity index is 1.35. The third-order valence-corrected chi connectivity index (χ3v) is 6.82. The second-order valence-corrected chi connectivity index (χ2v) is 9.61. The van der Waals surface area contributed by atoms with Crippen LogP contribution in [-0.2, 0) is 6.61 Å². The van der Waals surface area contributed by atoms with Crippen molar-refractivity contribution in [2.75, 3.05) is 11.4 Å². The highest BCUT2D eigenvalue weighted by Gasteiger charge is 2.22. The van der Waals surface area contributed by atoms with Crippen LogP contribution in [0.1, 0.15) is 16.9 Å². The first kappa shape index (κ1) is 22.4. The van der Waals surface area contributed by atoms with E-state index in [-0.39, 0.29) is 5.43 Å². The van der Waals surface area contributed by atoms with Crippen LogP contribution in [0.15, 0.2) is 117 Å². The molecule has 0 N–H and O–H groups in total. The van der Waals surface area contributed by atoms with Crippen LogP contribution in [0.4, 0.5) is 11.4 Å². The molecule has 0 atom stereocenters. The van der Waals surface area contributed by atoms with E-state index in [1.54, 1.807) is 18.2 Å². The summed E-state index contributed by atoms with van der Waals surface area (Å²) in [5.74, 6) is 1.22. The smallest absolute Gasteiger partial charge is 0.193 e. The lowest BCUT2D eigenvalue weighted by atomic mass is 9.99. The predicted octanol–water partition coefficient (Wildman–Crippen LogP) is 7.83. The number of ether oxygens (including phenoxy) is 1. The number of anilines is 2. The molecule has 0 fully saturated rings. The van der Waals surface area contributed by atoms with E-state index in [1.165, 1.54) is 0 Å². The Bertz CT molecular complexity index is 1640. The van der Waals surface area contributed by atoms with E-state index in [9.17, 15) is 4.79 Å². The quantitative estimate of drug-likeness (QED) is 0.230. The first-order valence-electron chi connectivity index (χ1n) is 11.7. The van der Waals surface area contributed by atoms with Crippen LogP contribution in [-0.4, -0.2) is 6.54 Å². The molecule has 6 rings (SSSR count). The molecule has 0 spiro atoms. The molecule has 1 aliphatic heterocycles. The maximum absolute atomic E-state index is 13.0. The van der Waals surface area contributed by atoms with Crippen LogP contribution >= 0.6 is 15.9 Å². The lowest BCUT2D eigenvalue weighted by Gasteiger charge is -2.31. The van der Waals surface area contributed by atoms with Gasteiger partial charge in [0.2, 0.25) is 0 Å². The van der Waals surface area contributed by atoms with Gasteiger partial charge in [-0.2, -0.15) is 0 Å². The molecular weight excluding hydrogens is 514 g/mol. The fraction of sp³-hybridized carbons (Fsp3) is 0.0645. The molecule has 5 heteroatoms. The molecular formula is C31H22BrNO3. The van der Waals surface area contributed by atoms with E-state index in [1.807, 2.05) is 60.7 Å². The number of benzene rings is 4. The molecule has 1 aliphatic rings. The normalized spacial score (nSPS) is 12.8. The van der Waals surface area contributed by atoms with Gasteiger partial charge in [0, 0.05) is 33.6 Å². The summed E-state index contributed by atoms with van der Waals surface area (Å²) in [4.78, 5) is 15.3. The van der Waals surface area contributed by atoms with Crippen LogP contribution in [0, 0.1) is 0 Å². The molecule has 4 nitrogen and oxygen atoms in total. The van der Waals surface area contributed by atoms with Crippen molar-refractivity contribution in [1.82, 2.24) is 0 Å². The number of nitrogens with zero attached hydrogens (tertiary/aromatic N) is 1. The van der Waals surface area contributed by atoms with E-state index in [2.05, 4.69) is 51.2 Å². The van der Waals surface area contributed by atoms with Gasteiger partial charge in [0.05, 0.1) is 11.9 Å². The molecule has 0 bridgehead atoms. The van der Waals surface area contributed by atoms with Crippen LogP contribution in [0.5, 0.6) is 5.75 Å². The van der Waals surface area contributed by atoms with Gasteiger partial charge in [-0.05, 0) is 59.7 Å². The fourth-order valence-electron chi connectivity index (χ4n) is 4.46. The SMILES string of the molecule is O=c1cc(C2=Cc3ccccc3N(c3ccccc3)C2)oc2cc(OCc3ccc(Br)cc3)ccc12. The lowest BCUT2D eigenvalue weighted by molar-refractivity contribution is 0.306. The first-order chi connectivity index (χ1) is 17.6. The van der Waals surface area contributed by atoms with Crippen molar-refractivity contribution in [3.63, 3.8) is 0 Å². The van der Waals surface area contributed by atoms with Crippen LogP contribution in [0.3, 0.4) is 0 Å². The van der Waals surface area contributed by atoms with Gasteiger partial charge in [0.15, 0.2) is 5.43 Å². The highest BCUT2D eigenvalue weighted by atomic mass is 79.9. The Morgan fingerprint density at radius 1 is 0.861 bits per heavy atom. The number of fused-ring (bicyclic) bond motifs is 2. The van der Waals surface area contributed by atoms with E-state index >= 15 is 0 Å². The average Bonchev–Trinajstić information content (AvgIpc) is 2.92. The molecule has 0 saturated heterocycles. The highest BCUT2D eigenvalue weighted by Crippen LogP contribution is 2.37. The average molecular weight is 536 g/mol. The lowest BCUT2D eigenvalue weighted by Crippen LogP contribution is -2.23. The van der Waals surface area contributed by atoms with Gasteiger partial charge in [-0.15, -0.1) is 0 Å². The maximum atomic E-state index is 13.0. The van der Waals surface area contributed by atoms with Gasteiger partial charge in [0.1, 0.15) is 23.7 Å². The zero-order chi connectivity index (χ0) is 24.5. The van der Waals surface area contributed by atoms with Crippen molar-refractivity contribution in [2.45, 2.75) is 6.61 Å². The third kappa shape index (κ3) is 4.45. The molecule has 0 saturated carbocycles. The van der Waals surface area contributed by atoms with Crippen molar-refractivity contribution < 1.29 is 9.15 Å². The highest BCUT2D eigenvalue weighted by molar-refractivity contribution is 9.10. The molecule has 0 amide bonds. The summed E-state index contributed by atoms with van der Waals surface area (Å²) in [5, 5.41) is 0.534. The summed E-state index contributed by atoms with van der Waals surface area (Å²) < 4.78 is 13.3. The maximum Gasteiger partial charge on any atom is 0.193 e. The Hall–Kier alpha value is -4.09. The molecule has 4 aromatic carbocycles. The van der Waals surface area contributed by atoms with Crippen LogP contribution < -0.4 is 15.1 Å². The topological polar surface area (TPSA) is 42.7 Å². The summed E-state index contributed by atoms with van der Waals surface area (Å²) >= 11 is 3.45. The largest absolute Gasteiger partial charge is 0.489 e. The van der Waals surface area contributed by atoms with E-state index in [4.69, 9.17) is 9.15 Å². The molecule has 0 radical (unpaired) electrons. The minimum Gasteiger partial charge on any atom is -0.489 e. The molecule has 36 heavy (non-hydrogen) atoms. The van der Waals surface area contributed by atoms with Gasteiger partial charge in [-0.3, -0.25) is 4.79 Å². The van der Waals surface area contributed by atoms with Crippen molar-refractivity contribution in [3.8, 4) is 5.75 Å². The van der Waals surface area contributed by atoms with Crippen molar-refractivity contribution in [3.05, 3.63) is 135 Å². The molecule has 0 unspecified atom stereocenters. The second kappa shape index (κ2) is 9.51. The first-order valence-corrected chi connectivity index (χ1v) is 12.5. The fourth-order valence-corrected chi connectivity index (χ4v) is 4.73. The van der Waals surface area contributed by atoms with Crippen molar-refractivity contribution >= 4 is 49.9 Å². The van der Waals surface area contributed by atoms with Crippen LogP contribution in [0.25, 0.3) is 22.6 Å². The number of hydrogen-bond donors (Lipinski definition) is 0. The van der Waals surface area contributed by atoms with Gasteiger partial charge in [-0.25, -0.2) is 0 Å². The zero-order valence-electron chi connectivity index (χ0n) is 19.4. The Morgan fingerprint density at radius 3 is 2.47 bits per heavy atom. The Kier molecular flexibility index (Phi) is 5.91. The second-order valence-electron chi connectivity index (χ2n) is 8.70. The standard InChI is InChI=1S/C31H22BrNO3/c32-24-12-10-21(11-13-24)20-35-26-14-15-27-29(34)18-30(36-31(27)17-26)23-16-22-6-4-5-9-28(22)33(19-23)25-7-2-1-3-8-25/h1-18H,19-20H2. The van der Waals surface area contributed by atoms with E-state index in [0.717, 1.165) is 32.5 Å². The number of para-hydroxylation sites is 2. The van der Waals surface area contributed by atoms with Gasteiger partial charge < -0.3 is 14.1 Å². The summed E-state index contributed by atoms with van der Waals surface area (Å²) in [5.41, 5.74) is 5.73. The minimum atomic E-state index is -0.0725. The monoisotopic (exact) mass is 535 g/mol. The molecule has 5 aromatic rings.